The summed E-state index contributed by atoms with van der Waals surface area (Å²) in [6.45, 7) is 2.28. The zero-order valence-corrected chi connectivity index (χ0v) is 13.7. The van der Waals surface area contributed by atoms with Crippen LogP contribution >= 0.6 is 0 Å². The second-order valence-corrected chi connectivity index (χ2v) is 4.90. The molecular formula is C18H20N2O4. The fraction of sp³-hybridized carbons (Fsp3) is 0.222. The van der Waals surface area contributed by atoms with Crippen molar-refractivity contribution in [3.8, 4) is 11.5 Å². The number of hydrogen-bond acceptors (Lipinski definition) is 4. The molecule has 0 saturated heterocycles. The minimum Gasteiger partial charge on any atom is -0.493 e. The molecule has 0 aliphatic heterocycles. The third kappa shape index (κ3) is 4.74. The lowest BCUT2D eigenvalue weighted by atomic mass is 10.2. The summed E-state index contributed by atoms with van der Waals surface area (Å²) in [7, 11) is 1.53. The fourth-order valence-electron chi connectivity index (χ4n) is 2.08. The monoisotopic (exact) mass is 328 g/mol. The number of nitrogens with one attached hydrogen (secondary N) is 2. The van der Waals surface area contributed by atoms with E-state index in [0.29, 0.717) is 29.4 Å². The van der Waals surface area contributed by atoms with Gasteiger partial charge in [-0.15, -0.1) is 0 Å². The van der Waals surface area contributed by atoms with Crippen molar-refractivity contribution in [1.29, 1.82) is 0 Å². The van der Waals surface area contributed by atoms with Crippen molar-refractivity contribution in [2.24, 2.45) is 0 Å². The van der Waals surface area contributed by atoms with Crippen LogP contribution in [0.4, 0.5) is 5.69 Å². The summed E-state index contributed by atoms with van der Waals surface area (Å²) in [5, 5.41) is 5.28. The summed E-state index contributed by atoms with van der Waals surface area (Å²) < 4.78 is 10.7. The van der Waals surface area contributed by atoms with E-state index in [0.717, 1.165) is 0 Å². The molecule has 0 bridgehead atoms. The van der Waals surface area contributed by atoms with E-state index in [-0.39, 0.29) is 18.4 Å². The first-order valence-corrected chi connectivity index (χ1v) is 7.58. The SMILES string of the molecule is CCOc1ccc(NC(=O)CNC(=O)c2ccccc2)cc1OC. The highest BCUT2D eigenvalue weighted by Crippen LogP contribution is 2.30. The maximum Gasteiger partial charge on any atom is 0.251 e. The van der Waals surface area contributed by atoms with Crippen molar-refractivity contribution in [3.05, 3.63) is 54.1 Å². The lowest BCUT2D eigenvalue weighted by Gasteiger charge is -2.12. The minimum atomic E-state index is -0.328. The fourth-order valence-corrected chi connectivity index (χ4v) is 2.08. The Hall–Kier alpha value is -3.02. The molecule has 126 valence electrons. The van der Waals surface area contributed by atoms with E-state index in [2.05, 4.69) is 10.6 Å². The topological polar surface area (TPSA) is 76.7 Å². The van der Waals surface area contributed by atoms with Crippen LogP contribution in [0.3, 0.4) is 0 Å². The van der Waals surface area contributed by atoms with Crippen LogP contribution in [-0.4, -0.2) is 32.1 Å². The predicted molar refractivity (Wildman–Crippen MR) is 91.6 cm³/mol. The molecule has 6 nitrogen and oxygen atoms in total. The van der Waals surface area contributed by atoms with Crippen molar-refractivity contribution in [2.45, 2.75) is 6.92 Å². The molecule has 0 aromatic heterocycles. The average Bonchev–Trinajstić information content (AvgIpc) is 2.62. The quantitative estimate of drug-likeness (QED) is 0.818. The normalized spacial score (nSPS) is 9.92. The molecule has 0 saturated carbocycles. The van der Waals surface area contributed by atoms with Crippen LogP contribution in [0.2, 0.25) is 0 Å². The Morgan fingerprint density at radius 3 is 2.46 bits per heavy atom. The molecule has 2 amide bonds. The lowest BCUT2D eigenvalue weighted by Crippen LogP contribution is -2.32. The summed E-state index contributed by atoms with van der Waals surface area (Å²) >= 11 is 0. The number of amides is 2. The number of hydrogen-bond donors (Lipinski definition) is 2. The molecule has 0 spiro atoms. The Balaban J connectivity index is 1.91. The molecule has 2 N–H and O–H groups in total. The van der Waals surface area contributed by atoms with Gasteiger partial charge in [0.05, 0.1) is 20.3 Å². The number of carbonyl (C=O) groups excluding carboxylic acids is 2. The van der Waals surface area contributed by atoms with Gasteiger partial charge in [-0.05, 0) is 31.2 Å². The van der Waals surface area contributed by atoms with Crippen LogP contribution < -0.4 is 20.1 Å². The second kappa shape index (κ2) is 8.57. The molecule has 0 atom stereocenters. The van der Waals surface area contributed by atoms with Gasteiger partial charge in [0.1, 0.15) is 0 Å². The smallest absolute Gasteiger partial charge is 0.251 e. The molecule has 24 heavy (non-hydrogen) atoms. The Bertz CT molecular complexity index is 701. The average molecular weight is 328 g/mol. The van der Waals surface area contributed by atoms with Gasteiger partial charge in [0.25, 0.3) is 5.91 Å². The lowest BCUT2D eigenvalue weighted by molar-refractivity contribution is -0.115. The number of rotatable bonds is 7. The molecule has 0 radical (unpaired) electrons. The summed E-state index contributed by atoms with van der Waals surface area (Å²) in [6.07, 6.45) is 0. The first-order chi connectivity index (χ1) is 11.6. The predicted octanol–water partition coefficient (Wildman–Crippen LogP) is 2.46. The standard InChI is InChI=1S/C18H20N2O4/c1-3-24-15-10-9-14(11-16(15)23-2)20-17(21)12-19-18(22)13-7-5-4-6-8-13/h4-11H,3,12H2,1-2H3,(H,19,22)(H,20,21). The molecule has 0 unspecified atom stereocenters. The second-order valence-electron chi connectivity index (χ2n) is 4.90. The number of ether oxygens (including phenoxy) is 2. The molecule has 0 heterocycles. The Morgan fingerprint density at radius 1 is 1.04 bits per heavy atom. The van der Waals surface area contributed by atoms with E-state index in [1.807, 2.05) is 13.0 Å². The molecule has 0 aliphatic carbocycles. The zero-order valence-electron chi connectivity index (χ0n) is 13.7. The number of methoxy groups -OCH3 is 1. The van der Waals surface area contributed by atoms with Gasteiger partial charge in [-0.25, -0.2) is 0 Å². The maximum atomic E-state index is 12.0. The summed E-state index contributed by atoms with van der Waals surface area (Å²) in [6, 6.07) is 13.8. The van der Waals surface area contributed by atoms with E-state index in [9.17, 15) is 9.59 Å². The first-order valence-electron chi connectivity index (χ1n) is 7.58. The van der Waals surface area contributed by atoms with Crippen LogP contribution in [0.25, 0.3) is 0 Å². The summed E-state index contributed by atoms with van der Waals surface area (Å²) in [4.78, 5) is 23.9. The van der Waals surface area contributed by atoms with Crippen molar-refractivity contribution in [1.82, 2.24) is 5.32 Å². The highest BCUT2D eigenvalue weighted by molar-refractivity contribution is 5.99. The Labute approximate surface area is 140 Å². The van der Waals surface area contributed by atoms with Gasteiger partial charge >= 0.3 is 0 Å². The van der Waals surface area contributed by atoms with Crippen molar-refractivity contribution < 1.29 is 19.1 Å². The third-order valence-corrected chi connectivity index (χ3v) is 3.19. The maximum absolute atomic E-state index is 12.0. The molecular weight excluding hydrogens is 308 g/mol. The molecule has 6 heteroatoms. The van der Waals surface area contributed by atoms with Crippen LogP contribution in [0.5, 0.6) is 11.5 Å². The summed E-state index contributed by atoms with van der Waals surface area (Å²) in [5.41, 5.74) is 1.07. The minimum absolute atomic E-state index is 0.122. The van der Waals surface area contributed by atoms with Gasteiger partial charge in [-0.2, -0.15) is 0 Å². The van der Waals surface area contributed by atoms with E-state index in [1.54, 1.807) is 42.5 Å². The summed E-state index contributed by atoms with van der Waals surface area (Å²) in [5.74, 6) is 0.513. The molecule has 2 rings (SSSR count). The largest absolute Gasteiger partial charge is 0.493 e. The van der Waals surface area contributed by atoms with E-state index in [1.165, 1.54) is 7.11 Å². The first kappa shape index (κ1) is 17.3. The molecule has 2 aromatic carbocycles. The van der Waals surface area contributed by atoms with Gasteiger partial charge in [-0.3, -0.25) is 9.59 Å². The van der Waals surface area contributed by atoms with E-state index < -0.39 is 0 Å². The van der Waals surface area contributed by atoms with Gasteiger partial charge in [-0.1, -0.05) is 18.2 Å². The van der Waals surface area contributed by atoms with Crippen molar-refractivity contribution >= 4 is 17.5 Å². The number of benzene rings is 2. The van der Waals surface area contributed by atoms with E-state index in [4.69, 9.17) is 9.47 Å². The van der Waals surface area contributed by atoms with E-state index >= 15 is 0 Å². The van der Waals surface area contributed by atoms with Crippen LogP contribution in [0, 0.1) is 0 Å². The molecule has 2 aromatic rings. The van der Waals surface area contributed by atoms with Crippen molar-refractivity contribution in [3.63, 3.8) is 0 Å². The van der Waals surface area contributed by atoms with Gasteiger partial charge in [0, 0.05) is 17.3 Å². The van der Waals surface area contributed by atoms with Gasteiger partial charge < -0.3 is 20.1 Å². The Kier molecular flexibility index (Phi) is 6.19. The highest BCUT2D eigenvalue weighted by Gasteiger charge is 2.10. The van der Waals surface area contributed by atoms with Gasteiger partial charge in [0.2, 0.25) is 5.91 Å². The Morgan fingerprint density at radius 2 is 1.79 bits per heavy atom. The highest BCUT2D eigenvalue weighted by atomic mass is 16.5. The number of carbonyl (C=O) groups is 2. The van der Waals surface area contributed by atoms with Crippen LogP contribution in [0.1, 0.15) is 17.3 Å². The zero-order chi connectivity index (χ0) is 17.4. The van der Waals surface area contributed by atoms with Crippen molar-refractivity contribution in [2.75, 3.05) is 25.6 Å². The molecule has 0 aliphatic rings. The van der Waals surface area contributed by atoms with Crippen LogP contribution in [-0.2, 0) is 4.79 Å². The van der Waals surface area contributed by atoms with Gasteiger partial charge in [0.15, 0.2) is 11.5 Å². The van der Waals surface area contributed by atoms with Crippen LogP contribution in [0.15, 0.2) is 48.5 Å². The molecule has 0 fully saturated rings. The number of anilines is 1. The third-order valence-electron chi connectivity index (χ3n) is 3.19.